The Bertz CT molecular complexity index is 1020. The number of likely N-dealkylation sites (N-methyl/N-ethyl adjacent to an activating group) is 1. The molecule has 0 saturated carbocycles. The van der Waals surface area contributed by atoms with E-state index in [0.717, 1.165) is 11.3 Å². The number of hydrogen-bond acceptors (Lipinski definition) is 11. The maximum Gasteiger partial charge on any atom is 0.352 e. The molecule has 34 heavy (non-hydrogen) atoms. The minimum Gasteiger partial charge on any atom is -0.477 e. The van der Waals surface area contributed by atoms with Crippen molar-refractivity contribution in [3.8, 4) is 0 Å². The number of carbonyl (C=O) groups excluding carboxylic acids is 2. The van der Waals surface area contributed by atoms with Crippen molar-refractivity contribution in [3.05, 3.63) is 22.3 Å². The summed E-state index contributed by atoms with van der Waals surface area (Å²) in [5.41, 5.74) is 6.06. The van der Waals surface area contributed by atoms with Crippen molar-refractivity contribution in [3.63, 3.8) is 0 Å². The fourth-order valence-corrected chi connectivity index (χ4v) is 5.80. The van der Waals surface area contributed by atoms with Crippen LogP contribution in [0.2, 0.25) is 0 Å². The predicted octanol–water partition coefficient (Wildman–Crippen LogP) is -1.75. The number of quaternary nitrogens is 1. The van der Waals surface area contributed by atoms with Gasteiger partial charge in [0, 0.05) is 16.7 Å². The smallest absolute Gasteiger partial charge is 0.352 e. The average Bonchev–Trinajstić information content (AvgIpc) is 3.21. The van der Waals surface area contributed by atoms with Crippen molar-refractivity contribution in [1.82, 2.24) is 15.2 Å². The first-order valence-corrected chi connectivity index (χ1v) is 12.2. The zero-order chi connectivity index (χ0) is 25.0. The number of rotatable bonds is 11. The lowest BCUT2D eigenvalue weighted by molar-refractivity contribution is -0.905. The number of nitrogen functional groups attached to an aromatic ring is 1. The number of fused-ring (bicyclic) bond motifs is 1. The summed E-state index contributed by atoms with van der Waals surface area (Å²) in [5.74, 6) is -2.20. The Morgan fingerprint density at radius 2 is 2.06 bits per heavy atom. The quantitative estimate of drug-likeness (QED) is 0.0978. The third-order valence-corrected chi connectivity index (χ3v) is 7.56. The number of nitrogens with one attached hydrogen (secondary N) is 1. The summed E-state index contributed by atoms with van der Waals surface area (Å²) in [6, 6.07) is -0.956. The Balaban J connectivity index is 1.80. The third-order valence-electron chi connectivity index (χ3n) is 5.55. The van der Waals surface area contributed by atoms with Crippen LogP contribution in [-0.2, 0) is 19.2 Å². The van der Waals surface area contributed by atoms with Gasteiger partial charge in [-0.05, 0) is 0 Å². The van der Waals surface area contributed by atoms with Crippen molar-refractivity contribution in [2.24, 2.45) is 5.16 Å². The summed E-state index contributed by atoms with van der Waals surface area (Å²) in [7, 11) is 3.07. The maximum absolute atomic E-state index is 12.9. The van der Waals surface area contributed by atoms with Gasteiger partial charge in [0.15, 0.2) is 10.8 Å². The first kappa shape index (κ1) is 25.9. The highest BCUT2D eigenvalue weighted by Crippen LogP contribution is 2.41. The van der Waals surface area contributed by atoms with Crippen molar-refractivity contribution in [1.29, 1.82) is 0 Å². The van der Waals surface area contributed by atoms with E-state index in [1.165, 1.54) is 29.2 Å². The molecular formula is C19H27N6O7S2+. The first-order chi connectivity index (χ1) is 16.2. The average molecular weight is 516 g/mol. The van der Waals surface area contributed by atoms with Gasteiger partial charge in [-0.2, -0.15) is 0 Å². The molecule has 1 fully saturated rings. The van der Waals surface area contributed by atoms with Crippen molar-refractivity contribution < 1.29 is 39.0 Å². The summed E-state index contributed by atoms with van der Waals surface area (Å²) in [6.45, 7) is 0.628. The highest BCUT2D eigenvalue weighted by atomic mass is 32.2. The Morgan fingerprint density at radius 3 is 2.59 bits per heavy atom. The van der Waals surface area contributed by atoms with Crippen LogP contribution in [-0.4, -0.2) is 117 Å². The van der Waals surface area contributed by atoms with Crippen LogP contribution in [0.25, 0.3) is 0 Å². The SMILES string of the molecule is CO/N=C(\C(=O)N[C@@H]1C(=O)N2C(C(=O)O)=C(C[N+](C)(CCO)CCO)CS[C@H]12)c1csc(N)n1. The predicted molar refractivity (Wildman–Crippen MR) is 125 cm³/mol. The number of β-lactam (4-membered cyclic amide) rings is 1. The molecule has 0 unspecified atom stereocenters. The van der Waals surface area contributed by atoms with Crippen LogP contribution in [0, 0.1) is 0 Å². The molecule has 1 aromatic rings. The molecule has 3 rings (SSSR count). The lowest BCUT2D eigenvalue weighted by atomic mass is 10.0. The molecule has 1 aromatic heterocycles. The molecular weight excluding hydrogens is 488 g/mol. The van der Waals surface area contributed by atoms with Crippen LogP contribution in [0.15, 0.2) is 21.8 Å². The number of anilines is 1. The number of carbonyl (C=O) groups is 3. The van der Waals surface area contributed by atoms with Gasteiger partial charge >= 0.3 is 5.97 Å². The molecule has 13 nitrogen and oxygen atoms in total. The van der Waals surface area contributed by atoms with Crippen LogP contribution >= 0.6 is 23.1 Å². The topological polar surface area (TPSA) is 188 Å². The van der Waals surface area contributed by atoms with Gasteiger partial charge in [-0.1, -0.05) is 5.16 Å². The second-order valence-corrected chi connectivity index (χ2v) is 9.98. The summed E-state index contributed by atoms with van der Waals surface area (Å²) in [6.07, 6.45) is 0. The molecule has 3 heterocycles. The van der Waals surface area contributed by atoms with Gasteiger partial charge in [0.2, 0.25) is 0 Å². The molecule has 2 atom stereocenters. The number of hydrogen-bond donors (Lipinski definition) is 5. The number of aliphatic hydroxyl groups is 2. The zero-order valence-corrected chi connectivity index (χ0v) is 20.3. The largest absolute Gasteiger partial charge is 0.477 e. The molecule has 0 bridgehead atoms. The molecule has 0 aliphatic carbocycles. The van der Waals surface area contributed by atoms with E-state index in [-0.39, 0.29) is 46.5 Å². The van der Waals surface area contributed by atoms with E-state index >= 15 is 0 Å². The van der Waals surface area contributed by atoms with E-state index in [1.807, 2.05) is 0 Å². The van der Waals surface area contributed by atoms with E-state index in [0.29, 0.717) is 24.4 Å². The summed E-state index contributed by atoms with van der Waals surface area (Å²) < 4.78 is 0.222. The zero-order valence-electron chi connectivity index (χ0n) is 18.6. The number of thiazole rings is 1. The van der Waals surface area contributed by atoms with Crippen LogP contribution < -0.4 is 11.1 Å². The number of aromatic nitrogens is 1. The van der Waals surface area contributed by atoms with E-state index < -0.39 is 29.2 Å². The summed E-state index contributed by atoms with van der Waals surface area (Å²) >= 11 is 2.44. The Hall–Kier alpha value is -2.72. The van der Waals surface area contributed by atoms with E-state index in [9.17, 15) is 29.7 Å². The monoisotopic (exact) mass is 515 g/mol. The standard InChI is InChI=1S/C19H26N6O7S2/c1-25(3-5-26,4-6-27)7-10-8-33-17-13(16(29)24(17)14(10)18(30)31)22-15(28)12(23-32-2)11-9-34-19(20)21-11/h9,13,17,26-27H,3-8H2,1-2H3,(H3-,20,21,22,28,30,31)/p+1/b23-12-/t13-,17-/m1/s1. The number of oxime groups is 1. The van der Waals surface area contributed by atoms with E-state index in [2.05, 4.69) is 15.5 Å². The summed E-state index contributed by atoms with van der Waals surface area (Å²) in [4.78, 5) is 47.8. The number of nitrogens with zero attached hydrogens (tertiary/aromatic N) is 4. The van der Waals surface area contributed by atoms with Crippen molar-refractivity contribution >= 4 is 51.7 Å². The summed E-state index contributed by atoms with van der Waals surface area (Å²) in [5, 5.41) is 36.1. The molecule has 15 heteroatoms. The van der Waals surface area contributed by atoms with E-state index in [1.54, 1.807) is 7.05 Å². The fourth-order valence-electron chi connectivity index (χ4n) is 3.92. The van der Waals surface area contributed by atoms with E-state index in [4.69, 9.17) is 10.6 Å². The van der Waals surface area contributed by atoms with Crippen molar-refractivity contribution in [2.45, 2.75) is 11.4 Å². The highest BCUT2D eigenvalue weighted by Gasteiger charge is 2.55. The number of carboxylic acids is 1. The van der Waals surface area contributed by atoms with Gasteiger partial charge in [0.05, 0.1) is 20.3 Å². The second kappa shape index (κ2) is 10.7. The van der Waals surface area contributed by atoms with Crippen LogP contribution in [0.4, 0.5) is 5.13 Å². The number of aliphatic hydroxyl groups excluding tert-OH is 2. The van der Waals surface area contributed by atoms with Gasteiger partial charge in [-0.15, -0.1) is 23.1 Å². The number of thioether (sulfide) groups is 1. The Morgan fingerprint density at radius 1 is 1.38 bits per heavy atom. The normalized spacial score (nSPS) is 20.6. The molecule has 0 aromatic carbocycles. The molecule has 2 aliphatic heterocycles. The van der Waals surface area contributed by atoms with Gasteiger partial charge in [0.25, 0.3) is 11.8 Å². The van der Waals surface area contributed by atoms with Gasteiger partial charge in [-0.25, -0.2) is 9.78 Å². The lowest BCUT2D eigenvalue weighted by Gasteiger charge is -2.50. The molecule has 2 aliphatic rings. The Labute approximate surface area is 203 Å². The Kier molecular flexibility index (Phi) is 8.14. The third kappa shape index (κ3) is 5.17. The van der Waals surface area contributed by atoms with Crippen LogP contribution in [0.1, 0.15) is 5.69 Å². The number of aliphatic carboxylic acids is 1. The molecule has 0 spiro atoms. The number of amides is 2. The van der Waals surface area contributed by atoms with Crippen LogP contribution in [0.5, 0.6) is 0 Å². The first-order valence-electron chi connectivity index (χ1n) is 10.2. The van der Waals surface area contributed by atoms with Gasteiger partial charge in [0.1, 0.15) is 49.6 Å². The fraction of sp³-hybridized carbons (Fsp3) is 0.526. The molecule has 1 saturated heterocycles. The second-order valence-electron chi connectivity index (χ2n) is 7.98. The maximum atomic E-state index is 12.9. The minimum absolute atomic E-state index is 0.127. The number of carboxylic acid groups (broad SMARTS) is 1. The number of nitrogens with two attached hydrogens (primary N) is 1. The van der Waals surface area contributed by atoms with Crippen LogP contribution in [0.3, 0.4) is 0 Å². The highest BCUT2D eigenvalue weighted by molar-refractivity contribution is 8.00. The minimum atomic E-state index is -1.25. The molecule has 186 valence electrons. The molecule has 6 N–H and O–H groups in total. The molecule has 0 radical (unpaired) electrons. The van der Waals surface area contributed by atoms with Gasteiger partial charge < -0.3 is 35.7 Å². The van der Waals surface area contributed by atoms with Gasteiger partial charge in [-0.3, -0.25) is 14.5 Å². The van der Waals surface area contributed by atoms with Crippen molar-refractivity contribution in [2.75, 3.05) is 58.5 Å². The molecule has 2 amide bonds. The lowest BCUT2D eigenvalue weighted by Crippen LogP contribution is -2.71.